The molecular weight excluding hydrogens is 178 g/mol. The van der Waals surface area contributed by atoms with Crippen LogP contribution in [0.25, 0.3) is 0 Å². The molecule has 1 aliphatic carbocycles. The Morgan fingerprint density at radius 3 is 2.71 bits per heavy atom. The molecule has 0 saturated heterocycles. The minimum absolute atomic E-state index is 0.0691. The van der Waals surface area contributed by atoms with Crippen LogP contribution in [0, 0.1) is 5.92 Å². The van der Waals surface area contributed by atoms with Crippen LogP contribution in [0.2, 0.25) is 0 Å². The maximum atomic E-state index is 9.77. The molecule has 14 heavy (non-hydrogen) atoms. The van der Waals surface area contributed by atoms with Crippen LogP contribution in [0.1, 0.15) is 13.8 Å². The lowest BCUT2D eigenvalue weighted by Gasteiger charge is -2.04. The van der Waals surface area contributed by atoms with Crippen LogP contribution in [0.3, 0.4) is 0 Å². The molecule has 0 bridgehead atoms. The summed E-state index contributed by atoms with van der Waals surface area (Å²) in [7, 11) is 1.50. The van der Waals surface area contributed by atoms with Crippen molar-refractivity contribution in [2.75, 3.05) is 7.11 Å². The fourth-order valence-corrected chi connectivity index (χ4v) is 1.47. The first kappa shape index (κ1) is 11.1. The molecule has 0 amide bonds. The van der Waals surface area contributed by atoms with Crippen molar-refractivity contribution in [3.05, 3.63) is 24.8 Å². The van der Waals surface area contributed by atoms with Crippen molar-refractivity contribution in [2.45, 2.75) is 25.7 Å². The summed E-state index contributed by atoms with van der Waals surface area (Å²) >= 11 is 0. The Morgan fingerprint density at radius 1 is 1.64 bits per heavy atom. The molecule has 3 unspecified atom stereocenters. The smallest absolute Gasteiger partial charge is 0.193 e. The van der Waals surface area contributed by atoms with E-state index in [0.717, 1.165) is 5.71 Å². The summed E-state index contributed by atoms with van der Waals surface area (Å²) in [6, 6.07) is -0.137. The zero-order valence-corrected chi connectivity index (χ0v) is 8.90. The number of allylic oxidation sites excluding steroid dienone is 3. The molecule has 0 aliphatic heterocycles. The average molecular weight is 195 g/mol. The van der Waals surface area contributed by atoms with Gasteiger partial charge in [-0.25, -0.2) is 0 Å². The van der Waals surface area contributed by atoms with Crippen LogP contribution >= 0.6 is 0 Å². The third-order valence-electron chi connectivity index (χ3n) is 2.58. The van der Waals surface area contributed by atoms with Gasteiger partial charge in [0.05, 0.1) is 0 Å². The maximum Gasteiger partial charge on any atom is 0.193 e. The highest BCUT2D eigenvalue weighted by Crippen LogP contribution is 2.46. The van der Waals surface area contributed by atoms with Crippen molar-refractivity contribution in [2.24, 2.45) is 10.9 Å². The van der Waals surface area contributed by atoms with Gasteiger partial charge in [0.1, 0.15) is 6.04 Å². The first-order valence-electron chi connectivity index (χ1n) is 4.67. The highest BCUT2D eigenvalue weighted by atomic mass is 16.6. The maximum absolute atomic E-state index is 9.77. The number of hydrogen-bond acceptors (Lipinski definition) is 3. The Morgan fingerprint density at radius 2 is 2.29 bits per heavy atom. The Bertz CT molecular complexity index is 283. The van der Waals surface area contributed by atoms with E-state index in [4.69, 9.17) is 4.74 Å². The number of ether oxygens (including phenoxy) is 1. The van der Waals surface area contributed by atoms with Crippen molar-refractivity contribution >= 4 is 5.71 Å². The van der Waals surface area contributed by atoms with Gasteiger partial charge < -0.3 is 9.84 Å². The second-order valence-corrected chi connectivity index (χ2v) is 3.55. The van der Waals surface area contributed by atoms with Gasteiger partial charge in [0, 0.05) is 18.7 Å². The minimum atomic E-state index is -1.05. The normalized spacial score (nSPS) is 37.6. The summed E-state index contributed by atoms with van der Waals surface area (Å²) in [4.78, 5) is 4.34. The van der Waals surface area contributed by atoms with Crippen LogP contribution < -0.4 is 0 Å². The third-order valence-corrected chi connectivity index (χ3v) is 2.58. The number of hydrogen-bond donors (Lipinski definition) is 1. The van der Waals surface area contributed by atoms with Gasteiger partial charge in [-0.15, -0.1) is 0 Å². The molecule has 0 radical (unpaired) electrons. The molecule has 0 aromatic rings. The number of aliphatic hydroxyl groups is 1. The third kappa shape index (κ3) is 1.94. The molecule has 3 heteroatoms. The highest BCUT2D eigenvalue weighted by molar-refractivity contribution is 5.93. The Labute approximate surface area is 84.8 Å². The SMILES string of the molecule is C=C/C=C\C(C)=NC1C(C)C1(O)OC. The van der Waals surface area contributed by atoms with Crippen molar-refractivity contribution < 1.29 is 9.84 Å². The summed E-state index contributed by atoms with van der Waals surface area (Å²) < 4.78 is 4.98. The molecule has 3 atom stereocenters. The van der Waals surface area contributed by atoms with Gasteiger partial charge in [0.2, 0.25) is 0 Å². The number of nitrogens with zero attached hydrogens (tertiary/aromatic N) is 1. The van der Waals surface area contributed by atoms with Gasteiger partial charge in [0.25, 0.3) is 0 Å². The summed E-state index contributed by atoms with van der Waals surface area (Å²) in [5.74, 6) is -0.983. The van der Waals surface area contributed by atoms with E-state index in [9.17, 15) is 5.11 Å². The average Bonchev–Trinajstić information content (AvgIpc) is 2.68. The number of methoxy groups -OCH3 is 1. The predicted molar refractivity (Wildman–Crippen MR) is 57.4 cm³/mol. The summed E-state index contributed by atoms with van der Waals surface area (Å²) in [6.07, 6.45) is 5.36. The second-order valence-electron chi connectivity index (χ2n) is 3.55. The van der Waals surface area contributed by atoms with Crippen LogP contribution in [-0.4, -0.2) is 29.8 Å². The van der Waals surface area contributed by atoms with Gasteiger partial charge in [0.15, 0.2) is 5.79 Å². The lowest BCUT2D eigenvalue weighted by atomic mass is 10.3. The van der Waals surface area contributed by atoms with E-state index in [0.29, 0.717) is 0 Å². The lowest BCUT2D eigenvalue weighted by Crippen LogP contribution is -2.16. The monoisotopic (exact) mass is 195 g/mol. The van der Waals surface area contributed by atoms with Gasteiger partial charge in [-0.3, -0.25) is 4.99 Å². The van der Waals surface area contributed by atoms with E-state index in [1.54, 1.807) is 6.08 Å². The van der Waals surface area contributed by atoms with E-state index in [2.05, 4.69) is 11.6 Å². The van der Waals surface area contributed by atoms with E-state index in [-0.39, 0.29) is 12.0 Å². The van der Waals surface area contributed by atoms with Gasteiger partial charge in [-0.2, -0.15) is 0 Å². The van der Waals surface area contributed by atoms with Crippen molar-refractivity contribution in [1.82, 2.24) is 0 Å². The van der Waals surface area contributed by atoms with Gasteiger partial charge in [-0.1, -0.05) is 25.7 Å². The second kappa shape index (κ2) is 4.07. The van der Waals surface area contributed by atoms with E-state index < -0.39 is 5.79 Å². The largest absolute Gasteiger partial charge is 0.363 e. The van der Waals surface area contributed by atoms with Gasteiger partial charge in [-0.05, 0) is 13.0 Å². The van der Waals surface area contributed by atoms with Crippen LogP contribution in [-0.2, 0) is 4.74 Å². The van der Waals surface area contributed by atoms with Crippen molar-refractivity contribution in [3.8, 4) is 0 Å². The molecule has 1 aliphatic rings. The molecule has 3 nitrogen and oxygen atoms in total. The molecule has 0 aromatic carbocycles. The Balaban J connectivity index is 2.62. The Hall–Kier alpha value is -0.930. The fourth-order valence-electron chi connectivity index (χ4n) is 1.47. The molecule has 1 fully saturated rings. The molecule has 0 heterocycles. The predicted octanol–water partition coefficient (Wildman–Crippen LogP) is 1.54. The molecule has 0 aromatic heterocycles. The molecule has 1 rings (SSSR count). The van der Waals surface area contributed by atoms with E-state index in [1.807, 2.05) is 26.0 Å². The zero-order chi connectivity index (χ0) is 10.8. The molecule has 1 N–H and O–H groups in total. The molecule has 1 saturated carbocycles. The van der Waals surface area contributed by atoms with Gasteiger partial charge >= 0.3 is 0 Å². The van der Waals surface area contributed by atoms with Crippen molar-refractivity contribution in [1.29, 1.82) is 0 Å². The van der Waals surface area contributed by atoms with E-state index in [1.165, 1.54) is 7.11 Å². The molecule has 0 spiro atoms. The van der Waals surface area contributed by atoms with Crippen molar-refractivity contribution in [3.63, 3.8) is 0 Å². The van der Waals surface area contributed by atoms with E-state index >= 15 is 0 Å². The highest BCUT2D eigenvalue weighted by Gasteiger charge is 2.63. The number of rotatable bonds is 4. The zero-order valence-electron chi connectivity index (χ0n) is 8.90. The van der Waals surface area contributed by atoms with Crippen LogP contribution in [0.4, 0.5) is 0 Å². The minimum Gasteiger partial charge on any atom is -0.363 e. The summed E-state index contributed by atoms with van der Waals surface area (Å²) in [5.41, 5.74) is 0.870. The quantitative estimate of drug-likeness (QED) is 0.420. The molecule has 78 valence electrons. The standard InChI is InChI=1S/C11H17NO2/c1-5-6-7-8(2)12-10-9(3)11(10,13)14-4/h5-7,9-10,13H,1H2,2-4H3/b7-6-,12-8?. The molecular formula is C11H17NO2. The number of aliphatic imine (C=N–C) groups is 1. The lowest BCUT2D eigenvalue weighted by molar-refractivity contribution is -0.115. The first-order valence-corrected chi connectivity index (χ1v) is 4.67. The topological polar surface area (TPSA) is 41.8 Å². The summed E-state index contributed by atoms with van der Waals surface area (Å²) in [6.45, 7) is 7.38. The fraction of sp³-hybridized carbons (Fsp3) is 0.545. The Kier molecular flexibility index (Phi) is 3.24. The van der Waals surface area contributed by atoms with Crippen LogP contribution in [0.15, 0.2) is 29.8 Å². The first-order chi connectivity index (χ1) is 6.56. The van der Waals surface area contributed by atoms with Crippen LogP contribution in [0.5, 0.6) is 0 Å². The summed E-state index contributed by atoms with van der Waals surface area (Å²) in [5, 5.41) is 9.77.